The minimum Gasteiger partial charge on any atom is -0.505 e. The molecule has 0 fully saturated rings. The number of phenolic OH excluding ortho intramolecular Hbond substituents is 1. The van der Waals surface area contributed by atoms with E-state index in [1.54, 1.807) is 0 Å². The van der Waals surface area contributed by atoms with Crippen LogP contribution in [0.5, 0.6) is 5.75 Å². The highest BCUT2D eigenvalue weighted by Crippen LogP contribution is 2.22. The predicted octanol–water partition coefficient (Wildman–Crippen LogP) is 3.37. The molecule has 0 saturated carbocycles. The van der Waals surface area contributed by atoms with Crippen molar-refractivity contribution in [2.45, 2.75) is 6.92 Å². The molecular weight excluding hydrogens is 271 g/mol. The third kappa shape index (κ3) is 2.59. The number of nitrogens with one attached hydrogen (secondary N) is 1. The lowest BCUT2D eigenvalue weighted by molar-refractivity contribution is 0.101. The van der Waals surface area contributed by atoms with Crippen LogP contribution < -0.4 is 5.32 Å². The van der Waals surface area contributed by atoms with Crippen molar-refractivity contribution in [3.63, 3.8) is 0 Å². The highest BCUT2D eigenvalue weighted by atomic mass is 19.1. The first-order valence-electron chi connectivity index (χ1n) is 5.64. The average Bonchev–Trinajstić information content (AvgIpc) is 2.39. The molecule has 0 unspecified atom stereocenters. The summed E-state index contributed by atoms with van der Waals surface area (Å²) in [5, 5.41) is 11.2. The molecule has 0 aliphatic rings. The Hall–Kier alpha value is -2.50. The van der Waals surface area contributed by atoms with E-state index in [9.17, 15) is 18.0 Å². The van der Waals surface area contributed by atoms with Gasteiger partial charge < -0.3 is 10.4 Å². The Labute approximate surface area is 112 Å². The predicted molar refractivity (Wildman–Crippen MR) is 67.1 cm³/mol. The number of anilines is 1. The molecule has 104 valence electrons. The van der Waals surface area contributed by atoms with Crippen LogP contribution in [0.25, 0.3) is 0 Å². The quantitative estimate of drug-likeness (QED) is 0.829. The van der Waals surface area contributed by atoms with Crippen molar-refractivity contribution in [1.29, 1.82) is 0 Å². The van der Waals surface area contributed by atoms with Gasteiger partial charge in [0.25, 0.3) is 5.91 Å². The van der Waals surface area contributed by atoms with Gasteiger partial charge in [0.15, 0.2) is 11.6 Å². The van der Waals surface area contributed by atoms with Gasteiger partial charge >= 0.3 is 0 Å². The molecule has 0 aliphatic carbocycles. The van der Waals surface area contributed by atoms with Crippen LogP contribution in [-0.4, -0.2) is 11.0 Å². The SMILES string of the molecule is Cc1ccc(F)c(C(=O)Nc2ccc(O)c(F)c2)c1F. The van der Waals surface area contributed by atoms with Crippen LogP contribution in [0.4, 0.5) is 18.9 Å². The summed E-state index contributed by atoms with van der Waals surface area (Å²) >= 11 is 0. The van der Waals surface area contributed by atoms with Crippen molar-refractivity contribution in [2.75, 3.05) is 5.32 Å². The molecule has 2 aromatic carbocycles. The van der Waals surface area contributed by atoms with Crippen LogP contribution in [0, 0.1) is 24.4 Å². The Morgan fingerprint density at radius 1 is 1.10 bits per heavy atom. The monoisotopic (exact) mass is 281 g/mol. The topological polar surface area (TPSA) is 49.3 Å². The molecule has 3 nitrogen and oxygen atoms in total. The van der Waals surface area contributed by atoms with E-state index in [-0.39, 0.29) is 11.3 Å². The van der Waals surface area contributed by atoms with E-state index in [1.807, 2.05) is 0 Å². The summed E-state index contributed by atoms with van der Waals surface area (Å²) in [4.78, 5) is 11.8. The van der Waals surface area contributed by atoms with Crippen LogP contribution in [-0.2, 0) is 0 Å². The number of hydrogen-bond acceptors (Lipinski definition) is 2. The van der Waals surface area contributed by atoms with Crippen molar-refractivity contribution >= 4 is 11.6 Å². The van der Waals surface area contributed by atoms with E-state index < -0.39 is 34.7 Å². The van der Waals surface area contributed by atoms with Crippen molar-refractivity contribution in [1.82, 2.24) is 0 Å². The number of phenols is 1. The van der Waals surface area contributed by atoms with Crippen LogP contribution in [0.2, 0.25) is 0 Å². The van der Waals surface area contributed by atoms with Crippen LogP contribution in [0.1, 0.15) is 15.9 Å². The lowest BCUT2D eigenvalue weighted by atomic mass is 10.1. The average molecular weight is 281 g/mol. The van der Waals surface area contributed by atoms with Crippen LogP contribution >= 0.6 is 0 Å². The molecule has 2 N–H and O–H groups in total. The minimum atomic E-state index is -1.03. The number of carbonyl (C=O) groups excluding carboxylic acids is 1. The van der Waals surface area contributed by atoms with Crippen molar-refractivity contribution in [2.24, 2.45) is 0 Å². The summed E-state index contributed by atoms with van der Waals surface area (Å²) in [6.07, 6.45) is 0. The molecule has 0 aromatic heterocycles. The fourth-order valence-electron chi connectivity index (χ4n) is 1.64. The number of halogens is 3. The minimum absolute atomic E-state index is 0.0226. The highest BCUT2D eigenvalue weighted by Gasteiger charge is 2.19. The Morgan fingerprint density at radius 2 is 1.80 bits per heavy atom. The normalized spacial score (nSPS) is 10.4. The van der Waals surface area contributed by atoms with E-state index in [0.29, 0.717) is 0 Å². The molecule has 0 bridgehead atoms. The number of hydrogen-bond donors (Lipinski definition) is 2. The molecular formula is C14H10F3NO2. The van der Waals surface area contributed by atoms with Gasteiger partial charge in [0.1, 0.15) is 17.2 Å². The zero-order valence-electron chi connectivity index (χ0n) is 10.4. The summed E-state index contributed by atoms with van der Waals surface area (Å²) in [6.45, 7) is 1.39. The molecule has 0 saturated heterocycles. The third-order valence-corrected chi connectivity index (χ3v) is 2.72. The maximum atomic E-state index is 13.7. The molecule has 1 amide bonds. The Bertz CT molecular complexity index is 686. The van der Waals surface area contributed by atoms with Gasteiger partial charge in [-0.15, -0.1) is 0 Å². The molecule has 0 aliphatic heterocycles. The number of rotatable bonds is 2. The Balaban J connectivity index is 2.33. The standard InChI is InChI=1S/C14H10F3NO2/c1-7-2-4-9(15)12(13(7)17)14(20)18-8-3-5-11(19)10(16)6-8/h2-6,19H,1H3,(H,18,20). The molecule has 0 spiro atoms. The van der Waals surface area contributed by atoms with Gasteiger partial charge in [0.2, 0.25) is 0 Å². The summed E-state index contributed by atoms with van der Waals surface area (Å²) in [6, 6.07) is 5.26. The smallest absolute Gasteiger partial charge is 0.261 e. The second-order valence-corrected chi connectivity index (χ2v) is 4.17. The molecule has 0 atom stereocenters. The van der Waals surface area contributed by atoms with E-state index in [1.165, 1.54) is 19.1 Å². The van der Waals surface area contributed by atoms with Gasteiger partial charge in [-0.05, 0) is 30.7 Å². The van der Waals surface area contributed by atoms with Gasteiger partial charge in [-0.25, -0.2) is 13.2 Å². The highest BCUT2D eigenvalue weighted by molar-refractivity contribution is 6.04. The van der Waals surface area contributed by atoms with Gasteiger partial charge in [0, 0.05) is 11.8 Å². The maximum absolute atomic E-state index is 13.7. The van der Waals surface area contributed by atoms with Crippen molar-refractivity contribution in [3.05, 3.63) is 58.9 Å². The van der Waals surface area contributed by atoms with Gasteiger partial charge in [-0.2, -0.15) is 0 Å². The summed E-state index contributed by atoms with van der Waals surface area (Å²) < 4.78 is 40.4. The zero-order chi connectivity index (χ0) is 14.9. The number of aromatic hydroxyl groups is 1. The fourth-order valence-corrected chi connectivity index (χ4v) is 1.64. The van der Waals surface area contributed by atoms with Gasteiger partial charge in [-0.3, -0.25) is 4.79 Å². The van der Waals surface area contributed by atoms with E-state index in [2.05, 4.69) is 5.32 Å². The number of benzene rings is 2. The van der Waals surface area contributed by atoms with Gasteiger partial charge in [-0.1, -0.05) is 6.07 Å². The first-order valence-corrected chi connectivity index (χ1v) is 5.64. The molecule has 6 heteroatoms. The third-order valence-electron chi connectivity index (χ3n) is 2.72. The van der Waals surface area contributed by atoms with E-state index in [0.717, 1.165) is 18.2 Å². The van der Waals surface area contributed by atoms with E-state index in [4.69, 9.17) is 5.11 Å². The number of aryl methyl sites for hydroxylation is 1. The second-order valence-electron chi connectivity index (χ2n) is 4.17. The summed E-state index contributed by atoms with van der Waals surface area (Å²) in [5.74, 6) is -4.55. The fraction of sp³-hybridized carbons (Fsp3) is 0.0714. The maximum Gasteiger partial charge on any atom is 0.261 e. The first-order chi connectivity index (χ1) is 9.40. The molecule has 2 rings (SSSR count). The lowest BCUT2D eigenvalue weighted by Gasteiger charge is -2.09. The Morgan fingerprint density at radius 3 is 2.45 bits per heavy atom. The van der Waals surface area contributed by atoms with Crippen molar-refractivity contribution < 1.29 is 23.1 Å². The lowest BCUT2D eigenvalue weighted by Crippen LogP contribution is -2.16. The summed E-state index contributed by atoms with van der Waals surface area (Å²) in [5.41, 5.74) is -0.641. The van der Waals surface area contributed by atoms with Crippen LogP contribution in [0.3, 0.4) is 0 Å². The van der Waals surface area contributed by atoms with Crippen LogP contribution in [0.15, 0.2) is 30.3 Å². The van der Waals surface area contributed by atoms with Crippen molar-refractivity contribution in [3.8, 4) is 5.75 Å². The number of amides is 1. The number of carbonyl (C=O) groups is 1. The largest absolute Gasteiger partial charge is 0.505 e. The van der Waals surface area contributed by atoms with E-state index >= 15 is 0 Å². The van der Waals surface area contributed by atoms with Gasteiger partial charge in [0.05, 0.1) is 0 Å². The molecule has 2 aromatic rings. The summed E-state index contributed by atoms with van der Waals surface area (Å²) in [7, 11) is 0. The molecule has 0 heterocycles. The zero-order valence-corrected chi connectivity index (χ0v) is 10.4. The first kappa shape index (κ1) is 13.9. The Kier molecular flexibility index (Phi) is 3.65. The second kappa shape index (κ2) is 5.24. The molecule has 0 radical (unpaired) electrons. The molecule has 20 heavy (non-hydrogen) atoms.